The molecule has 0 aromatic carbocycles. The Kier molecular flexibility index (Phi) is 3.15. The molecule has 0 aliphatic heterocycles. The van der Waals surface area contributed by atoms with E-state index in [1.807, 2.05) is 0 Å². The van der Waals surface area contributed by atoms with Crippen molar-refractivity contribution < 1.29 is 4.92 Å². The first-order valence-corrected chi connectivity index (χ1v) is 5.54. The standard InChI is InChI=1S/C9H8N4O3S/c14-9-12-6(5-17-9)3-11-7-1-2-10-4-8(7)13(15)16/h1-2,4-5H,3H2,(H,10,11)(H,12,14). The predicted octanol–water partition coefficient (Wildman–Crippen LogP) is 1.35. The first-order chi connectivity index (χ1) is 8.16. The number of nitrogens with zero attached hydrogens (tertiary/aromatic N) is 2. The van der Waals surface area contributed by atoms with E-state index in [2.05, 4.69) is 15.3 Å². The molecule has 0 saturated heterocycles. The van der Waals surface area contributed by atoms with Gasteiger partial charge in [-0.3, -0.25) is 19.9 Å². The van der Waals surface area contributed by atoms with Crippen molar-refractivity contribution in [2.24, 2.45) is 0 Å². The molecule has 0 aliphatic carbocycles. The Hall–Kier alpha value is -2.22. The van der Waals surface area contributed by atoms with Gasteiger partial charge in [0, 0.05) is 17.3 Å². The quantitative estimate of drug-likeness (QED) is 0.631. The Morgan fingerprint density at radius 1 is 1.59 bits per heavy atom. The summed E-state index contributed by atoms with van der Waals surface area (Å²) in [6.07, 6.45) is 2.64. The van der Waals surface area contributed by atoms with Gasteiger partial charge in [0.2, 0.25) is 0 Å². The minimum absolute atomic E-state index is 0.0925. The number of thiazole rings is 1. The Morgan fingerprint density at radius 3 is 3.06 bits per heavy atom. The zero-order valence-electron chi connectivity index (χ0n) is 8.54. The summed E-state index contributed by atoms with van der Waals surface area (Å²) < 4.78 is 0. The minimum atomic E-state index is -0.508. The highest BCUT2D eigenvalue weighted by atomic mass is 32.1. The van der Waals surface area contributed by atoms with Gasteiger partial charge < -0.3 is 10.3 Å². The van der Waals surface area contributed by atoms with Crippen molar-refractivity contribution in [1.82, 2.24) is 9.97 Å². The molecule has 17 heavy (non-hydrogen) atoms. The number of H-pyrrole nitrogens is 1. The lowest BCUT2D eigenvalue weighted by atomic mass is 10.3. The maximum atomic E-state index is 10.9. The van der Waals surface area contributed by atoms with Gasteiger partial charge in [-0.05, 0) is 6.07 Å². The number of hydrogen-bond donors (Lipinski definition) is 2. The SMILES string of the molecule is O=c1[nH]c(CNc2ccncc2[N+](=O)[O-])cs1. The van der Waals surface area contributed by atoms with E-state index < -0.39 is 4.92 Å². The molecule has 2 N–H and O–H groups in total. The zero-order chi connectivity index (χ0) is 12.3. The molecule has 2 aromatic rings. The van der Waals surface area contributed by atoms with Crippen molar-refractivity contribution in [3.63, 3.8) is 0 Å². The molecular weight excluding hydrogens is 244 g/mol. The van der Waals surface area contributed by atoms with Gasteiger partial charge >= 0.3 is 10.6 Å². The average molecular weight is 252 g/mol. The van der Waals surface area contributed by atoms with Gasteiger partial charge in [-0.1, -0.05) is 11.3 Å². The molecule has 0 atom stereocenters. The van der Waals surface area contributed by atoms with E-state index in [-0.39, 0.29) is 10.6 Å². The van der Waals surface area contributed by atoms with Crippen LogP contribution in [0.15, 0.2) is 28.6 Å². The molecule has 0 radical (unpaired) electrons. The summed E-state index contributed by atoms with van der Waals surface area (Å²) in [6.45, 7) is 0.323. The third-order valence-corrected chi connectivity index (χ3v) is 2.76. The van der Waals surface area contributed by atoms with Crippen molar-refractivity contribution in [3.05, 3.63) is 49.3 Å². The molecular formula is C9H8N4O3S. The van der Waals surface area contributed by atoms with E-state index in [4.69, 9.17) is 0 Å². The Labute approximate surface area is 99.3 Å². The molecule has 0 aliphatic rings. The van der Waals surface area contributed by atoms with Crippen molar-refractivity contribution >= 4 is 22.7 Å². The van der Waals surface area contributed by atoms with Crippen molar-refractivity contribution in [1.29, 1.82) is 0 Å². The van der Waals surface area contributed by atoms with Crippen LogP contribution in [0, 0.1) is 10.1 Å². The van der Waals surface area contributed by atoms with E-state index in [1.165, 1.54) is 18.5 Å². The van der Waals surface area contributed by atoms with Crippen LogP contribution in [0.4, 0.5) is 11.4 Å². The molecule has 8 heteroatoms. The van der Waals surface area contributed by atoms with Gasteiger partial charge in [0.05, 0.1) is 11.5 Å². The summed E-state index contributed by atoms with van der Waals surface area (Å²) in [6, 6.07) is 1.52. The summed E-state index contributed by atoms with van der Waals surface area (Å²) in [7, 11) is 0. The van der Waals surface area contributed by atoms with Crippen LogP contribution in [0.3, 0.4) is 0 Å². The fraction of sp³-hybridized carbons (Fsp3) is 0.111. The molecule has 2 heterocycles. The number of hydrogen-bond acceptors (Lipinski definition) is 6. The topological polar surface area (TPSA) is 101 Å². The second-order valence-electron chi connectivity index (χ2n) is 3.18. The molecule has 0 fully saturated rings. The van der Waals surface area contributed by atoms with Crippen molar-refractivity contribution in [2.75, 3.05) is 5.32 Å². The number of rotatable bonds is 4. The highest BCUT2D eigenvalue weighted by molar-refractivity contribution is 7.07. The molecule has 88 valence electrons. The second kappa shape index (κ2) is 4.74. The van der Waals surface area contributed by atoms with E-state index in [1.54, 1.807) is 5.38 Å². The van der Waals surface area contributed by atoms with E-state index >= 15 is 0 Å². The molecule has 0 bridgehead atoms. The van der Waals surface area contributed by atoms with Crippen LogP contribution in [-0.2, 0) is 6.54 Å². The number of nitro groups is 1. The Bertz CT molecular complexity index is 592. The van der Waals surface area contributed by atoms with E-state index in [0.717, 1.165) is 11.3 Å². The zero-order valence-corrected chi connectivity index (χ0v) is 9.36. The van der Waals surface area contributed by atoms with Gasteiger partial charge in [0.15, 0.2) is 0 Å². The molecule has 0 saturated carbocycles. The molecule has 2 rings (SSSR count). The number of nitrogens with one attached hydrogen (secondary N) is 2. The fourth-order valence-corrected chi connectivity index (χ4v) is 1.85. The number of aromatic amines is 1. The fourth-order valence-electron chi connectivity index (χ4n) is 1.27. The molecule has 0 unspecified atom stereocenters. The summed E-state index contributed by atoms with van der Waals surface area (Å²) >= 11 is 1.05. The Balaban J connectivity index is 2.14. The lowest BCUT2D eigenvalue weighted by Crippen LogP contribution is -2.05. The van der Waals surface area contributed by atoms with Crippen LogP contribution >= 0.6 is 11.3 Å². The van der Waals surface area contributed by atoms with Crippen LogP contribution in [0.5, 0.6) is 0 Å². The molecule has 7 nitrogen and oxygen atoms in total. The maximum Gasteiger partial charge on any atom is 0.310 e. The second-order valence-corrected chi connectivity index (χ2v) is 4.02. The summed E-state index contributed by atoms with van der Waals surface area (Å²) in [5.41, 5.74) is 0.966. The van der Waals surface area contributed by atoms with Gasteiger partial charge in [0.25, 0.3) is 0 Å². The highest BCUT2D eigenvalue weighted by Gasteiger charge is 2.12. The third kappa shape index (κ3) is 2.67. The smallest absolute Gasteiger partial charge is 0.310 e. The highest BCUT2D eigenvalue weighted by Crippen LogP contribution is 2.22. The summed E-state index contributed by atoms with van der Waals surface area (Å²) in [4.78, 5) is 27.2. The Morgan fingerprint density at radius 2 is 2.41 bits per heavy atom. The predicted molar refractivity (Wildman–Crippen MR) is 63.2 cm³/mol. The average Bonchev–Trinajstić information content (AvgIpc) is 2.73. The van der Waals surface area contributed by atoms with Crippen LogP contribution in [-0.4, -0.2) is 14.9 Å². The maximum absolute atomic E-state index is 10.9. The van der Waals surface area contributed by atoms with Gasteiger partial charge in [-0.15, -0.1) is 0 Å². The molecule has 2 aromatic heterocycles. The van der Waals surface area contributed by atoms with E-state index in [0.29, 0.717) is 17.9 Å². The number of aromatic nitrogens is 2. The minimum Gasteiger partial charge on any atom is -0.374 e. The first kappa shape index (κ1) is 11.3. The van der Waals surface area contributed by atoms with Crippen LogP contribution < -0.4 is 10.2 Å². The largest absolute Gasteiger partial charge is 0.374 e. The van der Waals surface area contributed by atoms with Gasteiger partial charge in [-0.2, -0.15) is 0 Å². The normalized spacial score (nSPS) is 10.1. The monoisotopic (exact) mass is 252 g/mol. The summed E-state index contributed by atoms with van der Waals surface area (Å²) in [5.74, 6) is 0. The summed E-state index contributed by atoms with van der Waals surface area (Å²) in [5, 5.41) is 15.3. The van der Waals surface area contributed by atoms with Crippen molar-refractivity contribution in [2.45, 2.75) is 6.54 Å². The number of pyridine rings is 1. The lowest BCUT2D eigenvalue weighted by Gasteiger charge is -2.04. The lowest BCUT2D eigenvalue weighted by molar-refractivity contribution is -0.384. The molecule has 0 spiro atoms. The van der Waals surface area contributed by atoms with Crippen molar-refractivity contribution in [3.8, 4) is 0 Å². The number of anilines is 1. The van der Waals surface area contributed by atoms with E-state index in [9.17, 15) is 14.9 Å². The van der Waals surface area contributed by atoms with Gasteiger partial charge in [-0.25, -0.2) is 0 Å². The third-order valence-electron chi connectivity index (χ3n) is 2.04. The van der Waals surface area contributed by atoms with Crippen LogP contribution in [0.25, 0.3) is 0 Å². The van der Waals surface area contributed by atoms with Gasteiger partial charge in [0.1, 0.15) is 11.9 Å². The van der Waals surface area contributed by atoms with Crippen LogP contribution in [0.2, 0.25) is 0 Å². The molecule has 0 amide bonds. The van der Waals surface area contributed by atoms with Crippen LogP contribution in [0.1, 0.15) is 5.69 Å². The first-order valence-electron chi connectivity index (χ1n) is 4.66.